The van der Waals surface area contributed by atoms with E-state index in [2.05, 4.69) is 5.32 Å². The molecule has 9 nitrogen and oxygen atoms in total. The van der Waals surface area contributed by atoms with Crippen molar-refractivity contribution in [2.45, 2.75) is 13.0 Å². The van der Waals surface area contributed by atoms with Crippen LogP contribution in [0, 0.1) is 0 Å². The van der Waals surface area contributed by atoms with Gasteiger partial charge in [-0.05, 0) is 31.2 Å². The highest BCUT2D eigenvalue weighted by molar-refractivity contribution is 8.14. The largest absolute Gasteiger partial charge is 0.482 e. The summed E-state index contributed by atoms with van der Waals surface area (Å²) in [7, 11) is 0. The van der Waals surface area contributed by atoms with Gasteiger partial charge in [-0.15, -0.1) is 0 Å². The number of hydrogen-bond acceptors (Lipinski definition) is 8. The van der Waals surface area contributed by atoms with E-state index in [1.54, 1.807) is 0 Å². The third-order valence-corrected chi connectivity index (χ3v) is 4.38. The third-order valence-electron chi connectivity index (χ3n) is 3.53. The van der Waals surface area contributed by atoms with Crippen molar-refractivity contribution in [3.05, 3.63) is 29.8 Å². The molecule has 0 aliphatic carbocycles. The number of thioether (sulfide) groups is 1. The molecule has 0 radical (unpaired) electrons. The van der Waals surface area contributed by atoms with E-state index < -0.39 is 24.6 Å². The predicted molar refractivity (Wildman–Crippen MR) is 95.5 cm³/mol. The van der Waals surface area contributed by atoms with Crippen LogP contribution in [0.2, 0.25) is 0 Å². The molecular formula is C17H18N2O7S. The predicted octanol–water partition coefficient (Wildman–Crippen LogP) is 0.621. The number of amides is 3. The van der Waals surface area contributed by atoms with E-state index in [1.807, 2.05) is 0 Å². The molecule has 1 fully saturated rings. The first-order valence-electron chi connectivity index (χ1n) is 8.03. The number of nitrogens with zero attached hydrogens (tertiary/aromatic N) is 1. The van der Waals surface area contributed by atoms with E-state index in [-0.39, 0.29) is 30.0 Å². The van der Waals surface area contributed by atoms with Crippen molar-refractivity contribution >= 4 is 41.1 Å². The normalized spacial score (nSPS) is 14.6. The molecule has 144 valence electrons. The molecule has 1 aromatic carbocycles. The van der Waals surface area contributed by atoms with Crippen LogP contribution in [0.25, 0.3) is 0 Å². The number of imide groups is 1. The van der Waals surface area contributed by atoms with Crippen molar-refractivity contribution in [3.8, 4) is 5.75 Å². The van der Waals surface area contributed by atoms with Gasteiger partial charge in [0.25, 0.3) is 11.1 Å². The first-order chi connectivity index (χ1) is 12.9. The zero-order chi connectivity index (χ0) is 19.8. The summed E-state index contributed by atoms with van der Waals surface area (Å²) in [4.78, 5) is 58.1. The fraction of sp³-hybridized carbons (Fsp3) is 0.353. The third kappa shape index (κ3) is 6.10. The molecule has 0 spiro atoms. The summed E-state index contributed by atoms with van der Waals surface area (Å²) in [6, 6.07) is 6.15. The van der Waals surface area contributed by atoms with Crippen LogP contribution in [0.1, 0.15) is 17.3 Å². The second-order valence-corrected chi connectivity index (χ2v) is 6.43. The maximum Gasteiger partial charge on any atom is 0.344 e. The van der Waals surface area contributed by atoms with Crippen LogP contribution in [0.3, 0.4) is 0 Å². The number of carbonyl (C=O) groups is 5. The van der Waals surface area contributed by atoms with Gasteiger partial charge in [0.05, 0.1) is 5.75 Å². The molecule has 27 heavy (non-hydrogen) atoms. The van der Waals surface area contributed by atoms with Crippen molar-refractivity contribution in [2.24, 2.45) is 0 Å². The van der Waals surface area contributed by atoms with E-state index in [0.717, 1.165) is 16.7 Å². The summed E-state index contributed by atoms with van der Waals surface area (Å²) >= 11 is 0.917. The molecule has 10 heteroatoms. The molecule has 3 amide bonds. The van der Waals surface area contributed by atoms with Crippen LogP contribution in [-0.4, -0.2) is 65.8 Å². The van der Waals surface area contributed by atoms with Crippen LogP contribution in [0.15, 0.2) is 24.3 Å². The maximum atomic E-state index is 11.9. The highest BCUT2D eigenvalue weighted by atomic mass is 32.2. The van der Waals surface area contributed by atoms with Crippen molar-refractivity contribution in [3.63, 3.8) is 0 Å². The van der Waals surface area contributed by atoms with Gasteiger partial charge in [-0.3, -0.25) is 24.1 Å². The molecule has 1 aliphatic heterocycles. The molecule has 1 aliphatic rings. The van der Waals surface area contributed by atoms with Gasteiger partial charge >= 0.3 is 5.97 Å². The molecule has 1 atom stereocenters. The quantitative estimate of drug-likeness (QED) is 0.478. The van der Waals surface area contributed by atoms with Gasteiger partial charge in [-0.1, -0.05) is 11.8 Å². The van der Waals surface area contributed by atoms with Crippen molar-refractivity contribution in [2.75, 3.05) is 25.4 Å². The second-order valence-electron chi connectivity index (χ2n) is 5.50. The highest BCUT2D eigenvalue weighted by Crippen LogP contribution is 2.17. The Balaban J connectivity index is 1.68. The average molecular weight is 394 g/mol. The van der Waals surface area contributed by atoms with Gasteiger partial charge in [-0.25, -0.2) is 4.79 Å². The molecule has 1 aromatic rings. The molecule has 1 N–H and O–H groups in total. The first-order valence-corrected chi connectivity index (χ1v) is 9.01. The SMILES string of the molecule is C[C@H](OC(=O)COc1ccc(C=O)cc1)C(=O)NCCN1C(=O)CSC1=O. The van der Waals surface area contributed by atoms with Gasteiger partial charge in [0.1, 0.15) is 12.0 Å². The Morgan fingerprint density at radius 1 is 1.30 bits per heavy atom. The summed E-state index contributed by atoms with van der Waals surface area (Å²) in [5.41, 5.74) is 0.478. The number of ether oxygens (including phenoxy) is 2. The van der Waals surface area contributed by atoms with Gasteiger partial charge in [-0.2, -0.15) is 0 Å². The van der Waals surface area contributed by atoms with Gasteiger partial charge in [0.2, 0.25) is 5.91 Å². The topological polar surface area (TPSA) is 119 Å². The van der Waals surface area contributed by atoms with Gasteiger partial charge < -0.3 is 14.8 Å². The molecular weight excluding hydrogens is 376 g/mol. The second kappa shape index (κ2) is 9.72. The monoisotopic (exact) mass is 394 g/mol. The Labute approximate surface area is 159 Å². The number of hydrogen-bond donors (Lipinski definition) is 1. The number of aldehydes is 1. The minimum atomic E-state index is -1.06. The summed E-state index contributed by atoms with van der Waals surface area (Å²) in [5, 5.41) is 2.16. The molecule has 2 rings (SSSR count). The van der Waals surface area contributed by atoms with Crippen molar-refractivity contribution < 1.29 is 33.4 Å². The Morgan fingerprint density at radius 3 is 2.59 bits per heavy atom. The Hall–Kier alpha value is -2.88. The zero-order valence-corrected chi connectivity index (χ0v) is 15.3. The Bertz CT molecular complexity index is 719. The van der Waals surface area contributed by atoms with E-state index in [0.29, 0.717) is 17.6 Å². The number of benzene rings is 1. The first kappa shape index (κ1) is 20.4. The molecule has 0 saturated carbocycles. The maximum absolute atomic E-state index is 11.9. The summed E-state index contributed by atoms with van der Waals surface area (Å²) in [6.07, 6.45) is -0.370. The summed E-state index contributed by atoms with van der Waals surface area (Å²) < 4.78 is 10.2. The molecule has 0 bridgehead atoms. The van der Waals surface area contributed by atoms with Crippen LogP contribution in [-0.2, 0) is 19.1 Å². The Morgan fingerprint density at radius 2 is 2.00 bits per heavy atom. The van der Waals surface area contributed by atoms with Gasteiger partial charge in [0, 0.05) is 18.7 Å². The van der Waals surface area contributed by atoms with E-state index >= 15 is 0 Å². The van der Waals surface area contributed by atoms with E-state index in [9.17, 15) is 24.0 Å². The lowest BCUT2D eigenvalue weighted by Gasteiger charge is -2.16. The molecule has 1 heterocycles. The smallest absolute Gasteiger partial charge is 0.344 e. The fourth-order valence-corrected chi connectivity index (χ4v) is 2.85. The van der Waals surface area contributed by atoms with Crippen LogP contribution >= 0.6 is 11.8 Å². The van der Waals surface area contributed by atoms with Crippen LogP contribution in [0.5, 0.6) is 5.75 Å². The number of esters is 1. The molecule has 0 aromatic heterocycles. The molecule has 0 unspecified atom stereocenters. The molecule has 1 saturated heterocycles. The number of nitrogens with one attached hydrogen (secondary N) is 1. The number of rotatable bonds is 9. The minimum absolute atomic E-state index is 0.0664. The van der Waals surface area contributed by atoms with Crippen molar-refractivity contribution in [1.82, 2.24) is 10.2 Å². The van der Waals surface area contributed by atoms with E-state index in [4.69, 9.17) is 9.47 Å². The fourth-order valence-electron chi connectivity index (χ4n) is 2.10. The lowest BCUT2D eigenvalue weighted by Crippen LogP contribution is -2.42. The van der Waals surface area contributed by atoms with E-state index in [1.165, 1.54) is 31.2 Å². The van der Waals surface area contributed by atoms with Gasteiger partial charge in [0.15, 0.2) is 12.7 Å². The standard InChI is InChI=1S/C17H18N2O7S/c1-11(16(23)18-6-7-19-14(21)10-27-17(19)24)26-15(22)9-25-13-4-2-12(8-20)3-5-13/h2-5,8,11H,6-7,9-10H2,1H3,(H,18,23)/t11-/m0/s1. The van der Waals surface area contributed by atoms with Crippen LogP contribution in [0.4, 0.5) is 4.79 Å². The lowest BCUT2D eigenvalue weighted by molar-refractivity contribution is -0.156. The average Bonchev–Trinajstić information content (AvgIpc) is 2.98. The van der Waals surface area contributed by atoms with Crippen LogP contribution < -0.4 is 10.1 Å². The summed E-state index contributed by atoms with van der Waals surface area (Å²) in [5.74, 6) is -1.09. The zero-order valence-electron chi connectivity index (χ0n) is 14.5. The van der Waals surface area contributed by atoms with Crippen molar-refractivity contribution in [1.29, 1.82) is 0 Å². The minimum Gasteiger partial charge on any atom is -0.482 e. The highest BCUT2D eigenvalue weighted by Gasteiger charge is 2.29. The Kier molecular flexibility index (Phi) is 7.35. The number of carbonyl (C=O) groups excluding carboxylic acids is 5. The summed E-state index contributed by atoms with van der Waals surface area (Å²) in [6.45, 7) is 1.13. The lowest BCUT2D eigenvalue weighted by atomic mass is 10.2.